The van der Waals surface area contributed by atoms with E-state index in [0.29, 0.717) is 13.0 Å². The van der Waals surface area contributed by atoms with Crippen LogP contribution in [0.2, 0.25) is 0 Å². The first-order chi connectivity index (χ1) is 14.9. The number of nitrogens with zero attached hydrogens (tertiary/aromatic N) is 2. The zero-order valence-electron chi connectivity index (χ0n) is 17.1. The Bertz CT molecular complexity index is 1140. The molecule has 1 atom stereocenters. The number of nitrogens with one attached hydrogen (secondary N) is 1. The minimum Gasteiger partial charge on any atom is -0.488 e. The number of rotatable bonds is 7. The maximum absolute atomic E-state index is 14.7. The molecule has 1 unspecified atom stereocenters. The van der Waals surface area contributed by atoms with Crippen LogP contribution in [0.3, 0.4) is 0 Å². The fraction of sp³-hybridized carbons (Fsp3) is 0.381. The number of β-amino-alcohol motifs (C(OH)–C–C–N with tert-alkyl or cyclic N) is 1. The van der Waals surface area contributed by atoms with Gasteiger partial charge in [-0.05, 0) is 26.3 Å². The standard InChI is InChI=1S/C21H22FN3O5S/c1-11-17(31-10-23-11)9-29-13-7-14-18(12(2)30-19(14)15(22)8-13)20(27)24-16-3-4-25(5-6-26)21(16)28/h7-8,10,16,26H,3-6,9H2,1-2H3,(H,24,27). The van der Waals surface area contributed by atoms with E-state index in [0.717, 1.165) is 10.6 Å². The molecule has 2 aromatic heterocycles. The molecule has 0 saturated carbocycles. The fourth-order valence-corrected chi connectivity index (χ4v) is 4.37. The number of hydrogen-bond donors (Lipinski definition) is 2. The van der Waals surface area contributed by atoms with E-state index in [-0.39, 0.29) is 53.7 Å². The van der Waals surface area contributed by atoms with Gasteiger partial charge in [-0.15, -0.1) is 11.3 Å². The third-order valence-electron chi connectivity index (χ3n) is 5.31. The topological polar surface area (TPSA) is 105 Å². The Morgan fingerprint density at radius 1 is 1.45 bits per heavy atom. The minimum absolute atomic E-state index is 0.0383. The zero-order valence-corrected chi connectivity index (χ0v) is 17.9. The molecule has 2 N–H and O–H groups in total. The van der Waals surface area contributed by atoms with Crippen molar-refractivity contribution >= 4 is 34.1 Å². The summed E-state index contributed by atoms with van der Waals surface area (Å²) in [5, 5.41) is 12.0. The summed E-state index contributed by atoms with van der Waals surface area (Å²) in [5.41, 5.74) is 2.69. The quantitative estimate of drug-likeness (QED) is 0.577. The van der Waals surface area contributed by atoms with E-state index in [1.807, 2.05) is 6.92 Å². The molecule has 0 spiro atoms. The van der Waals surface area contributed by atoms with E-state index in [1.165, 1.54) is 22.3 Å². The lowest BCUT2D eigenvalue weighted by Crippen LogP contribution is -2.42. The van der Waals surface area contributed by atoms with Crippen LogP contribution in [0.4, 0.5) is 4.39 Å². The number of aliphatic hydroxyl groups is 1. The minimum atomic E-state index is -0.693. The SMILES string of the molecule is Cc1ncsc1COc1cc(F)c2oc(C)c(C(=O)NC3CCN(CCO)C3=O)c2c1. The number of hydrogen-bond acceptors (Lipinski definition) is 7. The van der Waals surface area contributed by atoms with Crippen molar-refractivity contribution in [1.29, 1.82) is 0 Å². The number of halogens is 1. The van der Waals surface area contributed by atoms with Gasteiger partial charge in [-0.25, -0.2) is 9.37 Å². The van der Waals surface area contributed by atoms with Crippen molar-refractivity contribution in [3.63, 3.8) is 0 Å². The fourth-order valence-electron chi connectivity index (χ4n) is 3.68. The van der Waals surface area contributed by atoms with Crippen molar-refractivity contribution in [3.05, 3.63) is 45.4 Å². The molecule has 164 valence electrons. The van der Waals surface area contributed by atoms with Crippen LogP contribution in [0.1, 0.15) is 33.1 Å². The van der Waals surface area contributed by atoms with Crippen molar-refractivity contribution in [1.82, 2.24) is 15.2 Å². The molecule has 0 radical (unpaired) electrons. The molecule has 1 aromatic carbocycles. The average molecular weight is 447 g/mol. The molecule has 0 bridgehead atoms. The first-order valence-electron chi connectivity index (χ1n) is 9.84. The van der Waals surface area contributed by atoms with Gasteiger partial charge in [0.25, 0.3) is 5.91 Å². The smallest absolute Gasteiger partial charge is 0.256 e. The van der Waals surface area contributed by atoms with Crippen LogP contribution < -0.4 is 10.1 Å². The number of aromatic nitrogens is 1. The average Bonchev–Trinajstić information content (AvgIpc) is 3.39. The summed E-state index contributed by atoms with van der Waals surface area (Å²) in [6.45, 7) is 4.22. The number of aryl methyl sites for hydroxylation is 2. The zero-order chi connectivity index (χ0) is 22.1. The second kappa shape index (κ2) is 8.64. The lowest BCUT2D eigenvalue weighted by molar-refractivity contribution is -0.129. The third-order valence-corrected chi connectivity index (χ3v) is 6.22. The van der Waals surface area contributed by atoms with Crippen molar-refractivity contribution in [3.8, 4) is 5.75 Å². The molecule has 1 aliphatic heterocycles. The van der Waals surface area contributed by atoms with E-state index < -0.39 is 17.8 Å². The summed E-state index contributed by atoms with van der Waals surface area (Å²) in [7, 11) is 0. The highest BCUT2D eigenvalue weighted by molar-refractivity contribution is 7.09. The predicted octanol–water partition coefficient (Wildman–Crippen LogP) is 2.55. The highest BCUT2D eigenvalue weighted by Crippen LogP contribution is 2.32. The number of furan rings is 1. The van der Waals surface area contributed by atoms with Gasteiger partial charge in [0.05, 0.1) is 28.3 Å². The number of carbonyl (C=O) groups excluding carboxylic acids is 2. The normalized spacial score (nSPS) is 16.3. The molecule has 2 amide bonds. The monoisotopic (exact) mass is 447 g/mol. The highest BCUT2D eigenvalue weighted by atomic mass is 32.1. The second-order valence-corrected chi connectivity index (χ2v) is 8.27. The van der Waals surface area contributed by atoms with Crippen LogP contribution in [-0.4, -0.2) is 52.5 Å². The molecular weight excluding hydrogens is 425 g/mol. The van der Waals surface area contributed by atoms with Gasteiger partial charge in [0.2, 0.25) is 5.91 Å². The van der Waals surface area contributed by atoms with Gasteiger partial charge in [0.15, 0.2) is 11.4 Å². The molecule has 1 saturated heterocycles. The van der Waals surface area contributed by atoms with E-state index in [9.17, 15) is 14.0 Å². The number of carbonyl (C=O) groups is 2. The summed E-state index contributed by atoms with van der Waals surface area (Å²) >= 11 is 1.45. The molecule has 3 aromatic rings. The van der Waals surface area contributed by atoms with Crippen molar-refractivity contribution < 1.29 is 28.2 Å². The number of benzene rings is 1. The first-order valence-corrected chi connectivity index (χ1v) is 10.7. The van der Waals surface area contributed by atoms with Crippen molar-refractivity contribution in [2.24, 2.45) is 0 Å². The van der Waals surface area contributed by atoms with Crippen LogP contribution in [0, 0.1) is 19.7 Å². The molecule has 31 heavy (non-hydrogen) atoms. The third kappa shape index (κ3) is 4.13. The van der Waals surface area contributed by atoms with Crippen LogP contribution >= 0.6 is 11.3 Å². The number of amides is 2. The number of thiazole rings is 1. The van der Waals surface area contributed by atoms with Gasteiger partial charge in [0, 0.05) is 24.5 Å². The summed E-state index contributed by atoms with van der Waals surface area (Å²) in [6, 6.07) is 2.09. The summed E-state index contributed by atoms with van der Waals surface area (Å²) in [4.78, 5) is 31.9. The summed E-state index contributed by atoms with van der Waals surface area (Å²) in [5.74, 6) is -0.891. The molecular formula is C21H22FN3O5S. The Hall–Kier alpha value is -2.98. The summed E-state index contributed by atoms with van der Waals surface area (Å²) < 4.78 is 25.9. The number of fused-ring (bicyclic) bond motifs is 1. The maximum Gasteiger partial charge on any atom is 0.256 e. The predicted molar refractivity (Wildman–Crippen MR) is 112 cm³/mol. The number of ether oxygens (including phenoxy) is 1. The highest BCUT2D eigenvalue weighted by Gasteiger charge is 2.33. The summed E-state index contributed by atoms with van der Waals surface area (Å²) in [6.07, 6.45) is 0.441. The van der Waals surface area contributed by atoms with Gasteiger partial charge < -0.3 is 24.5 Å². The molecule has 4 rings (SSSR count). The van der Waals surface area contributed by atoms with Crippen molar-refractivity contribution in [2.45, 2.75) is 32.9 Å². The van der Waals surface area contributed by atoms with E-state index >= 15 is 0 Å². The van der Waals surface area contributed by atoms with Gasteiger partial charge in [-0.3, -0.25) is 9.59 Å². The van der Waals surface area contributed by atoms with E-state index in [1.54, 1.807) is 18.5 Å². The second-order valence-electron chi connectivity index (χ2n) is 7.33. The number of likely N-dealkylation sites (tertiary alicyclic amines) is 1. The Kier molecular flexibility index (Phi) is 5.92. The van der Waals surface area contributed by atoms with E-state index in [2.05, 4.69) is 10.3 Å². The van der Waals surface area contributed by atoms with Gasteiger partial charge in [-0.1, -0.05) is 0 Å². The lowest BCUT2D eigenvalue weighted by atomic mass is 10.1. The molecule has 1 fully saturated rings. The lowest BCUT2D eigenvalue weighted by Gasteiger charge is -2.15. The van der Waals surface area contributed by atoms with Crippen molar-refractivity contribution in [2.75, 3.05) is 19.7 Å². The van der Waals surface area contributed by atoms with Crippen LogP contribution in [0.15, 0.2) is 22.1 Å². The van der Waals surface area contributed by atoms with E-state index in [4.69, 9.17) is 14.3 Å². The van der Waals surface area contributed by atoms with Gasteiger partial charge in [0.1, 0.15) is 24.2 Å². The Morgan fingerprint density at radius 2 is 2.26 bits per heavy atom. The molecule has 10 heteroatoms. The van der Waals surface area contributed by atoms with Crippen LogP contribution in [0.5, 0.6) is 5.75 Å². The Balaban J connectivity index is 1.58. The van der Waals surface area contributed by atoms with Gasteiger partial charge >= 0.3 is 0 Å². The van der Waals surface area contributed by atoms with Gasteiger partial charge in [-0.2, -0.15) is 0 Å². The Morgan fingerprint density at radius 3 is 2.97 bits per heavy atom. The Labute approximate surface area is 181 Å². The molecule has 8 nitrogen and oxygen atoms in total. The van der Waals surface area contributed by atoms with Crippen LogP contribution in [-0.2, 0) is 11.4 Å². The number of aliphatic hydroxyl groups excluding tert-OH is 1. The first kappa shape index (κ1) is 21.3. The maximum atomic E-state index is 14.7. The molecule has 0 aliphatic carbocycles. The molecule has 3 heterocycles. The van der Waals surface area contributed by atoms with Crippen LogP contribution in [0.25, 0.3) is 11.0 Å². The largest absolute Gasteiger partial charge is 0.488 e. The molecule has 1 aliphatic rings.